The lowest BCUT2D eigenvalue weighted by molar-refractivity contribution is -0.142. The van der Waals surface area contributed by atoms with Crippen molar-refractivity contribution < 1.29 is 4.79 Å². The van der Waals surface area contributed by atoms with Crippen molar-refractivity contribution in [2.24, 2.45) is 11.1 Å². The van der Waals surface area contributed by atoms with Crippen LogP contribution in [-0.2, 0) is 4.79 Å². The molecule has 1 fully saturated rings. The van der Waals surface area contributed by atoms with Crippen LogP contribution >= 0.6 is 12.4 Å². The van der Waals surface area contributed by atoms with Crippen molar-refractivity contribution >= 4 is 18.3 Å². The molecule has 108 valence electrons. The zero-order valence-electron chi connectivity index (χ0n) is 11.9. The molecule has 1 heterocycles. The van der Waals surface area contributed by atoms with E-state index in [4.69, 9.17) is 5.73 Å². The number of halogens is 1. The first-order valence-corrected chi connectivity index (χ1v) is 7.19. The summed E-state index contributed by atoms with van der Waals surface area (Å²) in [7, 11) is 0. The number of rotatable bonds is 4. The molecule has 4 heteroatoms. The van der Waals surface area contributed by atoms with Crippen molar-refractivity contribution in [1.29, 1.82) is 0 Å². The van der Waals surface area contributed by atoms with Crippen LogP contribution in [0.3, 0.4) is 0 Å². The highest BCUT2D eigenvalue weighted by atomic mass is 35.5. The van der Waals surface area contributed by atoms with Gasteiger partial charge in [0.1, 0.15) is 0 Å². The van der Waals surface area contributed by atoms with E-state index in [0.717, 1.165) is 38.8 Å². The third-order valence-electron chi connectivity index (χ3n) is 4.34. The molecule has 2 N–H and O–H groups in total. The molecule has 0 atom stereocenters. The van der Waals surface area contributed by atoms with Gasteiger partial charge >= 0.3 is 0 Å². The first-order valence-electron chi connectivity index (χ1n) is 7.19. The normalized spacial score (nSPS) is 17.6. The fourth-order valence-corrected chi connectivity index (χ4v) is 2.71. The average Bonchev–Trinajstić information content (AvgIpc) is 2.31. The van der Waals surface area contributed by atoms with Crippen molar-refractivity contribution in [3.8, 4) is 0 Å². The van der Waals surface area contributed by atoms with Crippen LogP contribution in [-0.4, -0.2) is 30.4 Å². The minimum Gasteiger partial charge on any atom is -0.342 e. The van der Waals surface area contributed by atoms with Gasteiger partial charge in [0.15, 0.2) is 0 Å². The number of hydrogen-bond donors (Lipinski definition) is 1. The summed E-state index contributed by atoms with van der Waals surface area (Å²) < 4.78 is 0. The summed E-state index contributed by atoms with van der Waals surface area (Å²) in [5.74, 6) is 0.298. The van der Waals surface area contributed by atoms with Gasteiger partial charge in [-0.15, -0.1) is 12.4 Å². The first-order chi connectivity index (χ1) is 8.20. The largest absolute Gasteiger partial charge is 0.342 e. The summed E-state index contributed by atoms with van der Waals surface area (Å²) in [6.45, 7) is 6.51. The predicted octanol–water partition coefficient (Wildman–Crippen LogP) is 2.97. The molecule has 0 aromatic heterocycles. The number of carbonyl (C=O) groups excluding carboxylic acids is 1. The van der Waals surface area contributed by atoms with Gasteiger partial charge in [0, 0.05) is 19.6 Å². The zero-order chi connectivity index (χ0) is 12.7. The van der Waals surface area contributed by atoms with Crippen LogP contribution in [0.15, 0.2) is 0 Å². The maximum Gasteiger partial charge on any atom is 0.230 e. The van der Waals surface area contributed by atoms with Crippen LogP contribution in [0.4, 0.5) is 0 Å². The molecule has 0 spiro atoms. The van der Waals surface area contributed by atoms with Gasteiger partial charge in [0.25, 0.3) is 0 Å². The molecule has 0 aromatic carbocycles. The molecule has 1 saturated heterocycles. The number of amides is 1. The Morgan fingerprint density at radius 3 is 1.89 bits per heavy atom. The number of hydrogen-bond acceptors (Lipinski definition) is 2. The van der Waals surface area contributed by atoms with Crippen molar-refractivity contribution in [3.05, 3.63) is 0 Å². The molecular weight excluding hydrogens is 248 g/mol. The monoisotopic (exact) mass is 276 g/mol. The molecule has 1 aliphatic heterocycles. The standard InChI is InChI=1S/C14H28N2O.ClH/c1-3-14(4-2,12-15)13(17)16-10-8-6-5-7-9-11-16;/h3-12,15H2,1-2H3;1H. The highest BCUT2D eigenvalue weighted by molar-refractivity contribution is 5.85. The van der Waals surface area contributed by atoms with E-state index < -0.39 is 0 Å². The Balaban J connectivity index is 0.00000289. The van der Waals surface area contributed by atoms with Crippen molar-refractivity contribution in [3.63, 3.8) is 0 Å². The average molecular weight is 277 g/mol. The van der Waals surface area contributed by atoms with Crippen molar-refractivity contribution in [2.45, 2.75) is 58.8 Å². The van der Waals surface area contributed by atoms with Gasteiger partial charge < -0.3 is 10.6 Å². The minimum atomic E-state index is -0.306. The molecule has 0 aromatic rings. The Hall–Kier alpha value is -0.280. The van der Waals surface area contributed by atoms with Gasteiger partial charge in [-0.2, -0.15) is 0 Å². The van der Waals surface area contributed by atoms with Crippen LogP contribution in [0.2, 0.25) is 0 Å². The molecule has 0 saturated carbocycles. The van der Waals surface area contributed by atoms with Crippen LogP contribution < -0.4 is 5.73 Å². The van der Waals surface area contributed by atoms with E-state index in [1.165, 1.54) is 19.3 Å². The number of likely N-dealkylation sites (tertiary alicyclic amines) is 1. The van der Waals surface area contributed by atoms with Gasteiger partial charge in [-0.1, -0.05) is 33.1 Å². The van der Waals surface area contributed by atoms with Gasteiger partial charge in [-0.25, -0.2) is 0 Å². The number of nitrogens with zero attached hydrogens (tertiary/aromatic N) is 1. The van der Waals surface area contributed by atoms with E-state index in [9.17, 15) is 4.79 Å². The summed E-state index contributed by atoms with van der Waals surface area (Å²) in [5.41, 5.74) is 5.55. The van der Waals surface area contributed by atoms with Crippen molar-refractivity contribution in [2.75, 3.05) is 19.6 Å². The van der Waals surface area contributed by atoms with Gasteiger partial charge in [0.05, 0.1) is 5.41 Å². The van der Waals surface area contributed by atoms with Crippen molar-refractivity contribution in [1.82, 2.24) is 4.90 Å². The Kier molecular flexibility index (Phi) is 8.62. The molecule has 0 bridgehead atoms. The van der Waals surface area contributed by atoms with Gasteiger partial charge in [0.2, 0.25) is 5.91 Å². The lowest BCUT2D eigenvalue weighted by atomic mass is 9.80. The predicted molar refractivity (Wildman–Crippen MR) is 79.0 cm³/mol. The summed E-state index contributed by atoms with van der Waals surface area (Å²) in [4.78, 5) is 14.7. The second-order valence-electron chi connectivity index (χ2n) is 5.25. The Labute approximate surface area is 118 Å². The Morgan fingerprint density at radius 2 is 1.50 bits per heavy atom. The quantitative estimate of drug-likeness (QED) is 0.858. The summed E-state index contributed by atoms with van der Waals surface area (Å²) in [6, 6.07) is 0. The smallest absolute Gasteiger partial charge is 0.230 e. The zero-order valence-corrected chi connectivity index (χ0v) is 12.7. The molecule has 0 aliphatic carbocycles. The van der Waals surface area contributed by atoms with E-state index in [1.54, 1.807) is 0 Å². The Morgan fingerprint density at radius 1 is 1.06 bits per heavy atom. The second kappa shape index (κ2) is 8.76. The fourth-order valence-electron chi connectivity index (χ4n) is 2.71. The SMILES string of the molecule is CCC(CC)(CN)C(=O)N1CCCCCCC1.Cl. The maximum absolute atomic E-state index is 12.6. The van der Waals surface area contributed by atoms with E-state index >= 15 is 0 Å². The molecule has 0 unspecified atom stereocenters. The van der Waals surface area contributed by atoms with Crippen LogP contribution in [0.25, 0.3) is 0 Å². The van der Waals surface area contributed by atoms with Gasteiger partial charge in [-0.05, 0) is 25.7 Å². The fraction of sp³-hybridized carbons (Fsp3) is 0.929. The lowest BCUT2D eigenvalue weighted by Gasteiger charge is -2.36. The highest BCUT2D eigenvalue weighted by Crippen LogP contribution is 2.28. The van der Waals surface area contributed by atoms with E-state index in [2.05, 4.69) is 18.7 Å². The van der Waals surface area contributed by atoms with E-state index in [-0.39, 0.29) is 17.8 Å². The topological polar surface area (TPSA) is 46.3 Å². The van der Waals surface area contributed by atoms with E-state index in [0.29, 0.717) is 12.5 Å². The molecule has 3 nitrogen and oxygen atoms in total. The lowest BCUT2D eigenvalue weighted by Crippen LogP contribution is -2.48. The second-order valence-corrected chi connectivity index (χ2v) is 5.25. The minimum absolute atomic E-state index is 0. The molecule has 0 radical (unpaired) electrons. The summed E-state index contributed by atoms with van der Waals surface area (Å²) in [6.07, 6.45) is 7.87. The van der Waals surface area contributed by atoms with E-state index in [1.807, 2.05) is 0 Å². The number of nitrogens with two attached hydrogens (primary N) is 1. The molecule has 1 amide bonds. The molecule has 1 aliphatic rings. The third kappa shape index (κ3) is 4.13. The summed E-state index contributed by atoms with van der Waals surface area (Å²) in [5, 5.41) is 0. The number of carbonyl (C=O) groups is 1. The van der Waals surface area contributed by atoms with Crippen LogP contribution in [0.5, 0.6) is 0 Å². The van der Waals surface area contributed by atoms with Crippen LogP contribution in [0, 0.1) is 5.41 Å². The molecule has 1 rings (SSSR count). The third-order valence-corrected chi connectivity index (χ3v) is 4.34. The highest BCUT2D eigenvalue weighted by Gasteiger charge is 2.36. The first kappa shape index (κ1) is 17.7. The van der Waals surface area contributed by atoms with Gasteiger partial charge in [-0.3, -0.25) is 4.79 Å². The molecule has 18 heavy (non-hydrogen) atoms. The summed E-state index contributed by atoms with van der Waals surface area (Å²) >= 11 is 0. The molecular formula is C14H29ClN2O. The maximum atomic E-state index is 12.6. The van der Waals surface area contributed by atoms with Crippen LogP contribution in [0.1, 0.15) is 58.8 Å². The Bertz CT molecular complexity index is 226.